The molecule has 0 fully saturated rings. The van der Waals surface area contributed by atoms with Gasteiger partial charge in [0.2, 0.25) is 0 Å². The Balaban J connectivity index is 4.09. The summed E-state index contributed by atoms with van der Waals surface area (Å²) >= 11 is 0. The second-order valence-electron chi connectivity index (χ2n) is 15.6. The van der Waals surface area contributed by atoms with E-state index in [0.29, 0.717) is 37.9 Å². The zero-order chi connectivity index (χ0) is 35.9. The number of hydrogen-bond acceptors (Lipinski definition) is 4. The molecule has 292 valence electrons. The van der Waals surface area contributed by atoms with E-state index in [1.165, 1.54) is 180 Å². The fourth-order valence-corrected chi connectivity index (χ4v) is 7.11. The molecule has 4 heteroatoms. The number of esters is 2. The first-order chi connectivity index (χ1) is 24.1. The van der Waals surface area contributed by atoms with Crippen LogP contribution in [0.15, 0.2) is 0 Å². The Labute approximate surface area is 307 Å². The summed E-state index contributed by atoms with van der Waals surface area (Å²) in [6.45, 7) is 10.3. The Kier molecular flexibility index (Phi) is 38.9. The topological polar surface area (TPSA) is 52.6 Å². The molecular formula is C45H88O4. The molecule has 2 atom stereocenters. The number of rotatable bonds is 40. The number of hydrogen-bond donors (Lipinski definition) is 0. The molecule has 4 nitrogen and oxygen atoms in total. The molecule has 49 heavy (non-hydrogen) atoms. The highest BCUT2D eigenvalue weighted by atomic mass is 16.5. The van der Waals surface area contributed by atoms with Crippen LogP contribution in [0, 0.1) is 11.8 Å². The zero-order valence-corrected chi connectivity index (χ0v) is 34.0. The summed E-state index contributed by atoms with van der Waals surface area (Å²) in [5.74, 6) is 1.02. The van der Waals surface area contributed by atoms with Crippen LogP contribution in [0.25, 0.3) is 0 Å². The van der Waals surface area contributed by atoms with Gasteiger partial charge >= 0.3 is 11.9 Å². The molecule has 0 aliphatic rings. The van der Waals surface area contributed by atoms with Crippen LogP contribution in [0.2, 0.25) is 0 Å². The lowest BCUT2D eigenvalue weighted by Crippen LogP contribution is -2.15. The van der Waals surface area contributed by atoms with E-state index in [4.69, 9.17) is 9.47 Å². The number of carbonyl (C=O) groups is 2. The highest BCUT2D eigenvalue weighted by Crippen LogP contribution is 2.22. The maximum Gasteiger partial charge on any atom is 0.305 e. The van der Waals surface area contributed by atoms with Crippen molar-refractivity contribution in [3.05, 3.63) is 0 Å². The van der Waals surface area contributed by atoms with Crippen molar-refractivity contribution in [1.29, 1.82) is 0 Å². The summed E-state index contributed by atoms with van der Waals surface area (Å²) in [7, 11) is 0. The summed E-state index contributed by atoms with van der Waals surface area (Å²) < 4.78 is 11.6. The van der Waals surface area contributed by atoms with Crippen molar-refractivity contribution in [1.82, 2.24) is 0 Å². The molecule has 0 spiro atoms. The molecule has 0 bridgehead atoms. The van der Waals surface area contributed by atoms with Crippen molar-refractivity contribution in [2.75, 3.05) is 13.2 Å². The molecule has 0 amide bonds. The van der Waals surface area contributed by atoms with Gasteiger partial charge in [-0.2, -0.15) is 0 Å². The molecule has 0 rings (SSSR count). The highest BCUT2D eigenvalue weighted by Gasteiger charge is 2.14. The minimum Gasteiger partial charge on any atom is -0.465 e. The van der Waals surface area contributed by atoms with Gasteiger partial charge in [0.1, 0.15) is 0 Å². The molecule has 0 aliphatic heterocycles. The van der Waals surface area contributed by atoms with Crippen LogP contribution in [0.1, 0.15) is 252 Å². The zero-order valence-electron chi connectivity index (χ0n) is 34.0. The van der Waals surface area contributed by atoms with Crippen molar-refractivity contribution in [3.8, 4) is 0 Å². The van der Waals surface area contributed by atoms with Crippen LogP contribution in [-0.4, -0.2) is 25.2 Å². The third-order valence-corrected chi connectivity index (χ3v) is 10.6. The lowest BCUT2D eigenvalue weighted by molar-refractivity contribution is -0.146. The fraction of sp³-hybridized carbons (Fsp3) is 0.956. The summed E-state index contributed by atoms with van der Waals surface area (Å²) in [5, 5.41) is 0. The average Bonchev–Trinajstić information content (AvgIpc) is 3.10. The first kappa shape index (κ1) is 47.9. The van der Waals surface area contributed by atoms with Gasteiger partial charge in [0.25, 0.3) is 0 Å². The molecule has 0 saturated heterocycles. The van der Waals surface area contributed by atoms with Crippen LogP contribution >= 0.6 is 0 Å². The van der Waals surface area contributed by atoms with Crippen LogP contribution in [-0.2, 0) is 19.1 Å². The van der Waals surface area contributed by atoms with Gasteiger partial charge < -0.3 is 9.47 Å². The number of unbranched alkanes of at least 4 members (excludes halogenated alkanes) is 24. The number of carbonyl (C=O) groups excluding carboxylic acids is 2. The van der Waals surface area contributed by atoms with Gasteiger partial charge in [-0.15, -0.1) is 0 Å². The summed E-state index contributed by atoms with van der Waals surface area (Å²) in [6.07, 6.45) is 42.6. The van der Waals surface area contributed by atoms with E-state index in [1.54, 1.807) is 0 Å². The molecule has 0 aliphatic carbocycles. The summed E-state index contributed by atoms with van der Waals surface area (Å²) in [4.78, 5) is 25.0. The van der Waals surface area contributed by atoms with Crippen molar-refractivity contribution in [2.24, 2.45) is 11.8 Å². The predicted octanol–water partition coefficient (Wildman–Crippen LogP) is 15.0. The van der Waals surface area contributed by atoms with Gasteiger partial charge in [-0.1, -0.05) is 201 Å². The van der Waals surface area contributed by atoms with Gasteiger partial charge in [-0.25, -0.2) is 0 Å². The normalized spacial score (nSPS) is 12.7. The Bertz CT molecular complexity index is 621. The lowest BCUT2D eigenvalue weighted by atomic mass is 9.95. The molecule has 0 aromatic heterocycles. The first-order valence-corrected chi connectivity index (χ1v) is 22.4. The molecule has 0 aromatic rings. The van der Waals surface area contributed by atoms with Crippen LogP contribution in [0.3, 0.4) is 0 Å². The first-order valence-electron chi connectivity index (χ1n) is 22.4. The predicted molar refractivity (Wildman–Crippen MR) is 213 cm³/mol. The summed E-state index contributed by atoms with van der Waals surface area (Å²) in [6, 6.07) is 0. The SMILES string of the molecule is CCCCCCCCCCC(CCCCCC)COC(=O)CCCCCCCC(=O)OCC(CCCCCC)CCCCCCCCCC. The smallest absolute Gasteiger partial charge is 0.305 e. The Hall–Kier alpha value is -1.06. The minimum atomic E-state index is -0.0192. The quantitative estimate of drug-likeness (QED) is 0.0474. The Morgan fingerprint density at radius 1 is 0.327 bits per heavy atom. The van der Waals surface area contributed by atoms with Gasteiger partial charge in [0.15, 0.2) is 0 Å². The molecule has 0 N–H and O–H groups in total. The van der Waals surface area contributed by atoms with Crippen molar-refractivity contribution in [3.63, 3.8) is 0 Å². The Morgan fingerprint density at radius 2 is 0.551 bits per heavy atom. The van der Waals surface area contributed by atoms with Crippen LogP contribution in [0.5, 0.6) is 0 Å². The average molecular weight is 693 g/mol. The van der Waals surface area contributed by atoms with Crippen molar-refractivity contribution < 1.29 is 19.1 Å². The molecule has 0 radical (unpaired) electrons. The van der Waals surface area contributed by atoms with E-state index in [1.807, 2.05) is 0 Å². The molecule has 0 heterocycles. The number of ether oxygens (including phenoxy) is 2. The van der Waals surface area contributed by atoms with Gasteiger partial charge in [0, 0.05) is 12.8 Å². The molecule has 2 unspecified atom stereocenters. The van der Waals surface area contributed by atoms with E-state index >= 15 is 0 Å². The maximum absolute atomic E-state index is 12.5. The second kappa shape index (κ2) is 39.7. The van der Waals surface area contributed by atoms with E-state index in [9.17, 15) is 9.59 Å². The summed E-state index contributed by atoms with van der Waals surface area (Å²) in [5.41, 5.74) is 0. The van der Waals surface area contributed by atoms with Crippen LogP contribution in [0.4, 0.5) is 0 Å². The van der Waals surface area contributed by atoms with Crippen molar-refractivity contribution >= 4 is 11.9 Å². The monoisotopic (exact) mass is 693 g/mol. The van der Waals surface area contributed by atoms with E-state index < -0.39 is 0 Å². The highest BCUT2D eigenvalue weighted by molar-refractivity contribution is 5.69. The third kappa shape index (κ3) is 36.5. The van der Waals surface area contributed by atoms with Crippen molar-refractivity contribution in [2.45, 2.75) is 252 Å². The Morgan fingerprint density at radius 3 is 0.837 bits per heavy atom. The van der Waals surface area contributed by atoms with Gasteiger partial charge in [0.05, 0.1) is 13.2 Å². The van der Waals surface area contributed by atoms with E-state index in [0.717, 1.165) is 32.1 Å². The fourth-order valence-electron chi connectivity index (χ4n) is 7.11. The van der Waals surface area contributed by atoms with E-state index in [2.05, 4.69) is 27.7 Å². The maximum atomic E-state index is 12.5. The third-order valence-electron chi connectivity index (χ3n) is 10.6. The largest absolute Gasteiger partial charge is 0.465 e. The lowest BCUT2D eigenvalue weighted by Gasteiger charge is -2.17. The van der Waals surface area contributed by atoms with Crippen LogP contribution < -0.4 is 0 Å². The van der Waals surface area contributed by atoms with E-state index in [-0.39, 0.29) is 11.9 Å². The standard InChI is InChI=1S/C45H88O4/c1-5-9-13-17-19-21-24-30-36-42(34-28-15-11-7-3)40-48-44(46)38-32-26-23-27-33-39-45(47)49-41-43(35-29-16-12-8-4)37-31-25-22-20-18-14-10-6-2/h42-43H,5-41H2,1-4H3. The molecular weight excluding hydrogens is 604 g/mol. The molecule has 0 aromatic carbocycles. The second-order valence-corrected chi connectivity index (χ2v) is 15.6. The molecule has 0 saturated carbocycles. The van der Waals surface area contributed by atoms with Gasteiger partial charge in [-0.3, -0.25) is 9.59 Å². The van der Waals surface area contributed by atoms with Gasteiger partial charge in [-0.05, 0) is 50.4 Å². The minimum absolute atomic E-state index is 0.0192.